The quantitative estimate of drug-likeness (QED) is 0.471. The number of rotatable bonds is 5. The molecule has 0 bridgehead atoms. The fourth-order valence-electron chi connectivity index (χ4n) is 3.18. The van der Waals surface area contributed by atoms with Gasteiger partial charge in [-0.25, -0.2) is 4.79 Å². The summed E-state index contributed by atoms with van der Waals surface area (Å²) in [5.41, 5.74) is 2.82. The van der Waals surface area contributed by atoms with Crippen LogP contribution in [-0.2, 0) is 6.54 Å². The molecule has 3 rings (SSSR count). The number of phenolic OH excluding ortho intramolecular Hbond substituents is 1. The van der Waals surface area contributed by atoms with Gasteiger partial charge in [0.1, 0.15) is 5.75 Å². The Morgan fingerprint density at radius 3 is 2.13 bits per heavy atom. The topological polar surface area (TPSA) is 89.9 Å². The zero-order valence-corrected chi connectivity index (χ0v) is 17.8. The summed E-state index contributed by atoms with van der Waals surface area (Å²) in [6.45, 7) is 5.72. The summed E-state index contributed by atoms with van der Waals surface area (Å²) in [4.78, 5) is 25.6. The molecule has 0 saturated carbocycles. The lowest BCUT2D eigenvalue weighted by molar-refractivity contribution is 0.0953. The van der Waals surface area contributed by atoms with Gasteiger partial charge in [-0.2, -0.15) is 0 Å². The summed E-state index contributed by atoms with van der Waals surface area (Å²) in [5, 5.41) is 22.4. The Balaban J connectivity index is 1.75. The summed E-state index contributed by atoms with van der Waals surface area (Å²) in [5.74, 6) is -0.384. The molecule has 0 aliphatic carbocycles. The largest absolute Gasteiger partial charge is 0.506 e. The van der Waals surface area contributed by atoms with Crippen molar-refractivity contribution in [3.05, 3.63) is 83.9 Å². The van der Waals surface area contributed by atoms with Crippen LogP contribution in [0.5, 0.6) is 5.75 Å². The molecule has 0 spiro atoms. The molecular weight excluding hydrogens is 392 g/mol. The van der Waals surface area contributed by atoms with E-state index in [-0.39, 0.29) is 18.2 Å². The third-order valence-electron chi connectivity index (χ3n) is 4.95. The molecule has 2 amide bonds. The van der Waals surface area contributed by atoms with Gasteiger partial charge >= 0.3 is 6.09 Å². The first kappa shape index (κ1) is 21.9. The second-order valence-corrected chi connectivity index (χ2v) is 8.29. The highest BCUT2D eigenvalue weighted by Crippen LogP contribution is 2.30. The molecule has 0 aromatic heterocycles. The number of hydrogen-bond donors (Lipinski definition) is 3. The molecule has 31 heavy (non-hydrogen) atoms. The number of carboxylic acid groups (broad SMARTS) is 1. The van der Waals surface area contributed by atoms with Gasteiger partial charge in [-0.15, -0.1) is 0 Å². The molecule has 6 nitrogen and oxygen atoms in total. The van der Waals surface area contributed by atoms with Crippen LogP contribution in [0.2, 0.25) is 0 Å². The fourth-order valence-corrected chi connectivity index (χ4v) is 3.18. The minimum absolute atomic E-state index is 0.0214. The van der Waals surface area contributed by atoms with Crippen LogP contribution < -0.4 is 5.32 Å². The maximum Gasteiger partial charge on any atom is 0.408 e. The number of nitrogens with one attached hydrogen (secondary N) is 1. The molecular formula is C25H26N2O4. The van der Waals surface area contributed by atoms with Gasteiger partial charge in [0, 0.05) is 17.6 Å². The number of anilines is 1. The first-order chi connectivity index (χ1) is 14.6. The number of phenols is 1. The van der Waals surface area contributed by atoms with E-state index in [1.807, 2.05) is 51.1 Å². The summed E-state index contributed by atoms with van der Waals surface area (Å²) >= 11 is 0. The molecule has 0 heterocycles. The molecule has 0 atom stereocenters. The molecule has 3 aromatic carbocycles. The lowest BCUT2D eigenvalue weighted by Gasteiger charge is -2.33. The third kappa shape index (κ3) is 5.42. The molecule has 160 valence electrons. The highest BCUT2D eigenvalue weighted by Gasteiger charge is 2.26. The van der Waals surface area contributed by atoms with Gasteiger partial charge in [-0.1, -0.05) is 48.5 Å². The van der Waals surface area contributed by atoms with Crippen molar-refractivity contribution in [3.8, 4) is 16.9 Å². The Morgan fingerprint density at radius 1 is 0.903 bits per heavy atom. The van der Waals surface area contributed by atoms with Crippen molar-refractivity contribution in [3.63, 3.8) is 0 Å². The van der Waals surface area contributed by atoms with Crippen LogP contribution >= 0.6 is 0 Å². The smallest absolute Gasteiger partial charge is 0.408 e. The fraction of sp³-hybridized carbons (Fsp3) is 0.200. The number of hydrogen-bond acceptors (Lipinski definition) is 3. The maximum atomic E-state index is 12.7. The van der Waals surface area contributed by atoms with Crippen molar-refractivity contribution in [2.24, 2.45) is 0 Å². The third-order valence-corrected chi connectivity index (χ3v) is 4.95. The lowest BCUT2D eigenvalue weighted by atomic mass is 10.0. The highest BCUT2D eigenvalue weighted by atomic mass is 16.4. The number of carbonyl (C=O) groups is 2. The van der Waals surface area contributed by atoms with Crippen molar-refractivity contribution in [2.45, 2.75) is 32.9 Å². The minimum atomic E-state index is -0.997. The molecule has 0 aliphatic heterocycles. The van der Waals surface area contributed by atoms with Gasteiger partial charge in [0.15, 0.2) is 0 Å². The summed E-state index contributed by atoms with van der Waals surface area (Å²) < 4.78 is 0. The average Bonchev–Trinajstić information content (AvgIpc) is 2.73. The second-order valence-electron chi connectivity index (χ2n) is 8.29. The number of aromatic hydroxyl groups is 1. The molecule has 0 unspecified atom stereocenters. The van der Waals surface area contributed by atoms with E-state index in [4.69, 9.17) is 0 Å². The Labute approximate surface area is 181 Å². The van der Waals surface area contributed by atoms with E-state index in [1.54, 1.807) is 42.5 Å². The van der Waals surface area contributed by atoms with E-state index in [9.17, 15) is 19.8 Å². The molecule has 6 heteroatoms. The molecule has 0 saturated heterocycles. The van der Waals surface area contributed by atoms with Crippen molar-refractivity contribution < 1.29 is 19.8 Å². The maximum absolute atomic E-state index is 12.7. The molecule has 3 N–H and O–H groups in total. The van der Waals surface area contributed by atoms with Crippen LogP contribution in [0.15, 0.2) is 72.8 Å². The van der Waals surface area contributed by atoms with Crippen molar-refractivity contribution in [2.75, 3.05) is 5.32 Å². The Morgan fingerprint density at radius 2 is 1.55 bits per heavy atom. The number of benzene rings is 3. The predicted molar refractivity (Wildman–Crippen MR) is 121 cm³/mol. The monoisotopic (exact) mass is 418 g/mol. The van der Waals surface area contributed by atoms with Crippen molar-refractivity contribution in [1.29, 1.82) is 0 Å². The molecule has 0 fully saturated rings. The van der Waals surface area contributed by atoms with E-state index in [0.29, 0.717) is 11.3 Å². The van der Waals surface area contributed by atoms with Crippen LogP contribution in [0, 0.1) is 0 Å². The zero-order chi connectivity index (χ0) is 22.6. The van der Waals surface area contributed by atoms with Crippen molar-refractivity contribution in [1.82, 2.24) is 4.90 Å². The molecule has 0 radical (unpaired) electrons. The van der Waals surface area contributed by atoms with Crippen LogP contribution in [0.1, 0.15) is 36.7 Å². The van der Waals surface area contributed by atoms with Gasteiger partial charge in [0.25, 0.3) is 5.91 Å². The Kier molecular flexibility index (Phi) is 6.30. The van der Waals surface area contributed by atoms with E-state index in [2.05, 4.69) is 5.32 Å². The van der Waals surface area contributed by atoms with Crippen LogP contribution in [0.4, 0.5) is 10.5 Å². The van der Waals surface area contributed by atoms with Crippen LogP contribution in [0.25, 0.3) is 11.1 Å². The zero-order valence-electron chi connectivity index (χ0n) is 17.8. The van der Waals surface area contributed by atoms with E-state index < -0.39 is 11.6 Å². The van der Waals surface area contributed by atoms with E-state index in [0.717, 1.165) is 16.7 Å². The summed E-state index contributed by atoms with van der Waals surface area (Å²) in [6.07, 6.45) is -0.997. The number of amides is 2. The van der Waals surface area contributed by atoms with Crippen molar-refractivity contribution >= 4 is 17.7 Å². The normalized spacial score (nSPS) is 11.1. The SMILES string of the molecule is CC(C)(C)N(Cc1ccc(C(=O)Nc2cc(-c3ccccc3)ccc2O)cc1)C(=O)O. The van der Waals surface area contributed by atoms with Gasteiger partial charge in [-0.3, -0.25) is 9.69 Å². The first-order valence-electron chi connectivity index (χ1n) is 9.94. The summed E-state index contributed by atoms with van der Waals surface area (Å²) in [6, 6.07) is 21.5. The van der Waals surface area contributed by atoms with E-state index >= 15 is 0 Å². The van der Waals surface area contributed by atoms with Crippen LogP contribution in [0.3, 0.4) is 0 Å². The van der Waals surface area contributed by atoms with Gasteiger partial charge in [0.05, 0.1) is 5.69 Å². The van der Waals surface area contributed by atoms with Gasteiger partial charge < -0.3 is 15.5 Å². The molecule has 0 aliphatic rings. The second kappa shape index (κ2) is 8.92. The highest BCUT2D eigenvalue weighted by molar-refractivity contribution is 6.05. The predicted octanol–water partition coefficient (Wildman–Crippen LogP) is 5.59. The first-order valence-corrected chi connectivity index (χ1v) is 9.94. The Bertz CT molecular complexity index is 1070. The van der Waals surface area contributed by atoms with Gasteiger partial charge in [0.2, 0.25) is 0 Å². The van der Waals surface area contributed by atoms with Gasteiger partial charge in [-0.05, 0) is 61.7 Å². The van der Waals surface area contributed by atoms with E-state index in [1.165, 1.54) is 4.90 Å². The summed E-state index contributed by atoms with van der Waals surface area (Å²) in [7, 11) is 0. The average molecular weight is 418 g/mol. The number of carbonyl (C=O) groups excluding carboxylic acids is 1. The lowest BCUT2D eigenvalue weighted by Crippen LogP contribution is -2.44. The standard InChI is InChI=1S/C25H26N2O4/c1-25(2,3)27(24(30)31)16-17-9-11-19(12-10-17)23(29)26-21-15-20(13-14-22(21)28)18-7-5-4-6-8-18/h4-15,28H,16H2,1-3H3,(H,26,29)(H,30,31). The molecule has 3 aromatic rings. The minimum Gasteiger partial charge on any atom is -0.506 e. The van der Waals surface area contributed by atoms with Crippen LogP contribution in [-0.4, -0.2) is 32.7 Å². The Hall–Kier alpha value is -3.80. The number of nitrogens with zero attached hydrogens (tertiary/aromatic N) is 1.